The highest BCUT2D eigenvalue weighted by molar-refractivity contribution is 5.99. The van der Waals surface area contributed by atoms with Crippen LogP contribution in [0.1, 0.15) is 41.6 Å². The zero-order valence-electron chi connectivity index (χ0n) is 11.4. The van der Waals surface area contributed by atoms with E-state index in [2.05, 4.69) is 5.32 Å². The van der Waals surface area contributed by atoms with Gasteiger partial charge >= 0.3 is 0 Å². The van der Waals surface area contributed by atoms with Crippen LogP contribution in [0.2, 0.25) is 0 Å². The van der Waals surface area contributed by atoms with Gasteiger partial charge in [-0.2, -0.15) is 0 Å². The molecule has 1 aliphatic rings. The van der Waals surface area contributed by atoms with Crippen molar-refractivity contribution in [3.8, 4) is 0 Å². The Balaban J connectivity index is 2.03. The number of nitrogens with one attached hydrogen (secondary N) is 1. The summed E-state index contributed by atoms with van der Waals surface area (Å²) in [7, 11) is 0. The molecule has 1 amide bonds. The molecule has 1 saturated carbocycles. The van der Waals surface area contributed by atoms with E-state index in [1.807, 2.05) is 19.1 Å². The second-order valence-corrected chi connectivity index (χ2v) is 5.58. The van der Waals surface area contributed by atoms with E-state index in [-0.39, 0.29) is 17.9 Å². The molecule has 2 rings (SSSR count). The summed E-state index contributed by atoms with van der Waals surface area (Å²) >= 11 is 0. The van der Waals surface area contributed by atoms with E-state index < -0.39 is 0 Å². The van der Waals surface area contributed by atoms with Crippen LogP contribution < -0.4 is 11.1 Å². The molecular weight excluding hydrogens is 240 g/mol. The molecule has 0 atom stereocenters. The predicted octanol–water partition coefficient (Wildman–Crippen LogP) is 1.86. The third kappa shape index (κ3) is 2.89. The van der Waals surface area contributed by atoms with Gasteiger partial charge in [0.15, 0.2) is 0 Å². The number of hydrogen-bond donors (Lipinski definition) is 3. The van der Waals surface area contributed by atoms with Gasteiger partial charge in [-0.05, 0) is 31.4 Å². The van der Waals surface area contributed by atoms with E-state index in [0.717, 1.165) is 31.2 Å². The summed E-state index contributed by atoms with van der Waals surface area (Å²) in [5, 5.41) is 12.4. The Kier molecular flexibility index (Phi) is 4.10. The number of nitrogen functional groups attached to an aromatic ring is 1. The molecule has 0 heterocycles. The fourth-order valence-electron chi connectivity index (χ4n) is 2.76. The van der Waals surface area contributed by atoms with Gasteiger partial charge in [-0.25, -0.2) is 0 Å². The first-order valence-corrected chi connectivity index (χ1v) is 6.82. The van der Waals surface area contributed by atoms with Crippen LogP contribution in [0.15, 0.2) is 18.2 Å². The van der Waals surface area contributed by atoms with Crippen molar-refractivity contribution in [2.75, 3.05) is 18.9 Å². The minimum Gasteiger partial charge on any atom is -0.398 e. The van der Waals surface area contributed by atoms with Crippen LogP contribution in [0.3, 0.4) is 0 Å². The Labute approximate surface area is 114 Å². The summed E-state index contributed by atoms with van der Waals surface area (Å²) in [5.41, 5.74) is 7.75. The third-order valence-corrected chi connectivity index (χ3v) is 4.19. The zero-order valence-corrected chi connectivity index (χ0v) is 11.4. The fraction of sp³-hybridized carbons (Fsp3) is 0.533. The van der Waals surface area contributed by atoms with Gasteiger partial charge < -0.3 is 16.2 Å². The highest BCUT2D eigenvalue weighted by Crippen LogP contribution is 2.37. The van der Waals surface area contributed by atoms with Gasteiger partial charge in [0.05, 0.1) is 12.2 Å². The van der Waals surface area contributed by atoms with Crippen molar-refractivity contribution < 1.29 is 9.90 Å². The van der Waals surface area contributed by atoms with Crippen molar-refractivity contribution in [1.82, 2.24) is 5.32 Å². The number of amides is 1. The predicted molar refractivity (Wildman–Crippen MR) is 75.9 cm³/mol. The summed E-state index contributed by atoms with van der Waals surface area (Å²) < 4.78 is 0. The number of aliphatic hydroxyl groups excluding tert-OH is 1. The monoisotopic (exact) mass is 262 g/mol. The molecule has 1 aromatic carbocycles. The van der Waals surface area contributed by atoms with E-state index in [4.69, 9.17) is 5.73 Å². The number of carbonyl (C=O) groups excluding carboxylic acids is 1. The van der Waals surface area contributed by atoms with E-state index in [1.165, 1.54) is 0 Å². The molecule has 0 aromatic heterocycles. The van der Waals surface area contributed by atoms with Crippen LogP contribution >= 0.6 is 0 Å². The van der Waals surface area contributed by atoms with Crippen molar-refractivity contribution in [3.05, 3.63) is 29.3 Å². The second kappa shape index (κ2) is 5.61. The highest BCUT2D eigenvalue weighted by atomic mass is 16.3. The number of nitrogens with two attached hydrogens (primary N) is 1. The van der Waals surface area contributed by atoms with Crippen molar-refractivity contribution in [3.63, 3.8) is 0 Å². The average molecular weight is 262 g/mol. The van der Waals surface area contributed by atoms with Crippen molar-refractivity contribution in [2.45, 2.75) is 32.6 Å². The SMILES string of the molecule is Cc1cccc(C(=O)NCC2(CO)CCCC2)c1N. The molecule has 4 nitrogen and oxygen atoms in total. The van der Waals surface area contributed by atoms with Crippen LogP contribution in [0.4, 0.5) is 5.69 Å². The average Bonchev–Trinajstić information content (AvgIpc) is 2.89. The molecule has 1 fully saturated rings. The Morgan fingerprint density at radius 2 is 2.11 bits per heavy atom. The Hall–Kier alpha value is -1.55. The van der Waals surface area contributed by atoms with Gasteiger partial charge in [-0.3, -0.25) is 4.79 Å². The number of aliphatic hydroxyl groups is 1. The first-order chi connectivity index (χ1) is 9.08. The third-order valence-electron chi connectivity index (χ3n) is 4.19. The van der Waals surface area contributed by atoms with Crippen LogP contribution in [0.5, 0.6) is 0 Å². The van der Waals surface area contributed by atoms with E-state index >= 15 is 0 Å². The lowest BCUT2D eigenvalue weighted by Gasteiger charge is -2.26. The topological polar surface area (TPSA) is 75.3 Å². The molecule has 0 aliphatic heterocycles. The number of para-hydroxylation sites is 1. The van der Waals surface area contributed by atoms with Crippen LogP contribution in [-0.4, -0.2) is 24.2 Å². The normalized spacial score (nSPS) is 17.4. The molecular formula is C15H22N2O2. The molecule has 0 unspecified atom stereocenters. The molecule has 0 saturated heterocycles. The molecule has 19 heavy (non-hydrogen) atoms. The Morgan fingerprint density at radius 1 is 1.42 bits per heavy atom. The zero-order chi connectivity index (χ0) is 13.9. The van der Waals surface area contributed by atoms with Gasteiger partial charge in [0.1, 0.15) is 0 Å². The molecule has 1 aromatic rings. The number of rotatable bonds is 4. The standard InChI is InChI=1S/C15H22N2O2/c1-11-5-4-6-12(13(11)16)14(19)17-9-15(10-18)7-2-3-8-15/h4-6,18H,2-3,7-10,16H2,1H3,(H,17,19). The summed E-state index contributed by atoms with van der Waals surface area (Å²) in [6.07, 6.45) is 4.21. The quantitative estimate of drug-likeness (QED) is 0.725. The van der Waals surface area contributed by atoms with Crippen molar-refractivity contribution in [1.29, 1.82) is 0 Å². The highest BCUT2D eigenvalue weighted by Gasteiger charge is 2.33. The molecule has 4 heteroatoms. The maximum absolute atomic E-state index is 12.2. The molecule has 0 radical (unpaired) electrons. The molecule has 104 valence electrons. The van der Waals surface area contributed by atoms with Gasteiger partial charge in [0.25, 0.3) is 5.91 Å². The molecule has 1 aliphatic carbocycles. The summed E-state index contributed by atoms with van der Waals surface area (Å²) in [6.45, 7) is 2.55. The summed E-state index contributed by atoms with van der Waals surface area (Å²) in [5.74, 6) is -0.152. The minimum atomic E-state index is -0.152. The number of aryl methyl sites for hydroxylation is 1. The Morgan fingerprint density at radius 3 is 2.74 bits per heavy atom. The van der Waals surface area contributed by atoms with Crippen LogP contribution in [0, 0.1) is 12.3 Å². The smallest absolute Gasteiger partial charge is 0.253 e. The minimum absolute atomic E-state index is 0.131. The van der Waals surface area contributed by atoms with Crippen molar-refractivity contribution in [2.24, 2.45) is 5.41 Å². The van der Waals surface area contributed by atoms with Gasteiger partial charge in [0, 0.05) is 17.6 Å². The first kappa shape index (κ1) is 13.9. The number of carbonyl (C=O) groups is 1. The van der Waals surface area contributed by atoms with Gasteiger partial charge in [-0.1, -0.05) is 25.0 Å². The Bertz CT molecular complexity index is 465. The lowest BCUT2D eigenvalue weighted by atomic mass is 9.87. The van der Waals surface area contributed by atoms with Crippen molar-refractivity contribution >= 4 is 11.6 Å². The van der Waals surface area contributed by atoms with Crippen LogP contribution in [-0.2, 0) is 0 Å². The lowest BCUT2D eigenvalue weighted by molar-refractivity contribution is 0.0881. The molecule has 4 N–H and O–H groups in total. The molecule has 0 spiro atoms. The summed E-state index contributed by atoms with van der Waals surface area (Å²) in [4.78, 5) is 12.2. The van der Waals surface area contributed by atoms with E-state index in [0.29, 0.717) is 17.8 Å². The maximum Gasteiger partial charge on any atom is 0.253 e. The second-order valence-electron chi connectivity index (χ2n) is 5.58. The first-order valence-electron chi connectivity index (χ1n) is 6.82. The number of anilines is 1. The van der Waals surface area contributed by atoms with Gasteiger partial charge in [0.2, 0.25) is 0 Å². The van der Waals surface area contributed by atoms with E-state index in [9.17, 15) is 9.90 Å². The maximum atomic E-state index is 12.2. The van der Waals surface area contributed by atoms with Gasteiger partial charge in [-0.15, -0.1) is 0 Å². The lowest BCUT2D eigenvalue weighted by Crippen LogP contribution is -2.38. The van der Waals surface area contributed by atoms with Crippen LogP contribution in [0.25, 0.3) is 0 Å². The van der Waals surface area contributed by atoms with E-state index in [1.54, 1.807) is 6.07 Å². The fourth-order valence-corrected chi connectivity index (χ4v) is 2.76. The number of benzene rings is 1. The largest absolute Gasteiger partial charge is 0.398 e. The molecule has 0 bridgehead atoms. The number of hydrogen-bond acceptors (Lipinski definition) is 3. The summed E-state index contributed by atoms with van der Waals surface area (Å²) in [6, 6.07) is 5.45.